The molecule has 0 spiro atoms. The average Bonchev–Trinajstić information content (AvgIpc) is 3.66. The van der Waals surface area contributed by atoms with Crippen molar-refractivity contribution in [2.45, 2.75) is 50.9 Å². The zero-order valence-corrected chi connectivity index (χ0v) is 19.2. The molecule has 1 aliphatic carbocycles. The zero-order chi connectivity index (χ0) is 21.9. The molecule has 1 saturated carbocycles. The van der Waals surface area contributed by atoms with Crippen LogP contribution in [-0.4, -0.2) is 37.3 Å². The third-order valence-electron chi connectivity index (χ3n) is 6.95. The molecule has 2 fully saturated rings. The Hall–Kier alpha value is -2.82. The molecular formula is C27H33N3O2. The number of benzene rings is 2. The van der Waals surface area contributed by atoms with Crippen LogP contribution in [0.25, 0.3) is 10.9 Å². The summed E-state index contributed by atoms with van der Waals surface area (Å²) in [6.45, 7) is 2.07. The lowest BCUT2D eigenvalue weighted by atomic mass is 9.89. The summed E-state index contributed by atoms with van der Waals surface area (Å²) in [6, 6.07) is 14.7. The van der Waals surface area contributed by atoms with Crippen molar-refractivity contribution in [2.24, 2.45) is 5.92 Å². The first kappa shape index (κ1) is 21.0. The van der Waals surface area contributed by atoms with Crippen molar-refractivity contribution >= 4 is 16.7 Å². The van der Waals surface area contributed by atoms with E-state index in [0.29, 0.717) is 11.8 Å². The van der Waals surface area contributed by atoms with Crippen molar-refractivity contribution in [2.75, 3.05) is 32.2 Å². The van der Waals surface area contributed by atoms with Crippen molar-refractivity contribution in [1.29, 1.82) is 0 Å². The van der Waals surface area contributed by atoms with Crippen molar-refractivity contribution in [3.05, 3.63) is 53.9 Å². The Morgan fingerprint density at radius 1 is 0.844 bits per heavy atom. The number of ether oxygens (including phenoxy) is 2. The summed E-state index contributed by atoms with van der Waals surface area (Å²) in [5, 5.41) is 1.11. The number of rotatable bonds is 6. The fourth-order valence-corrected chi connectivity index (χ4v) is 4.99. The molecule has 168 valence electrons. The summed E-state index contributed by atoms with van der Waals surface area (Å²) in [5.41, 5.74) is 2.27. The van der Waals surface area contributed by atoms with E-state index < -0.39 is 0 Å². The van der Waals surface area contributed by atoms with Crippen molar-refractivity contribution in [1.82, 2.24) is 9.97 Å². The first-order valence-electron chi connectivity index (χ1n) is 12.0. The Morgan fingerprint density at radius 2 is 1.66 bits per heavy atom. The molecule has 0 radical (unpaired) electrons. The highest BCUT2D eigenvalue weighted by molar-refractivity contribution is 5.93. The maximum absolute atomic E-state index is 5.65. The molecule has 1 atom stereocenters. The topological polar surface area (TPSA) is 47.5 Å². The molecule has 1 aromatic heterocycles. The van der Waals surface area contributed by atoms with Gasteiger partial charge in [-0.1, -0.05) is 30.7 Å². The Balaban J connectivity index is 1.42. The van der Waals surface area contributed by atoms with E-state index in [1.807, 2.05) is 12.1 Å². The van der Waals surface area contributed by atoms with Crippen LogP contribution in [0.3, 0.4) is 0 Å². The minimum absolute atomic E-state index is 0.510. The van der Waals surface area contributed by atoms with Crippen LogP contribution in [0, 0.1) is 5.92 Å². The number of hydrogen-bond acceptors (Lipinski definition) is 5. The summed E-state index contributed by atoms with van der Waals surface area (Å²) >= 11 is 0. The number of hydrogen-bond donors (Lipinski definition) is 0. The van der Waals surface area contributed by atoms with Crippen LogP contribution in [0.1, 0.15) is 55.8 Å². The SMILES string of the molecule is COc1ccccc1CC1CCCCN(c2nc(C3CC3)nc3c(OC)cccc23)CC1. The Labute approximate surface area is 190 Å². The summed E-state index contributed by atoms with van der Waals surface area (Å²) in [5.74, 6) is 5.10. The van der Waals surface area contributed by atoms with Gasteiger partial charge in [0.2, 0.25) is 0 Å². The molecule has 1 unspecified atom stereocenters. The molecule has 5 heteroatoms. The maximum atomic E-state index is 5.65. The van der Waals surface area contributed by atoms with Gasteiger partial charge in [0, 0.05) is 24.4 Å². The second kappa shape index (κ2) is 9.35. The fraction of sp³-hybridized carbons (Fsp3) is 0.481. The average molecular weight is 432 g/mol. The van der Waals surface area contributed by atoms with Gasteiger partial charge in [0.05, 0.1) is 14.2 Å². The molecule has 1 aliphatic heterocycles. The maximum Gasteiger partial charge on any atom is 0.145 e. The van der Waals surface area contributed by atoms with Crippen LogP contribution >= 0.6 is 0 Å². The molecule has 1 saturated heterocycles. The molecule has 3 aromatic rings. The van der Waals surface area contributed by atoms with Crippen LogP contribution in [0.15, 0.2) is 42.5 Å². The van der Waals surface area contributed by atoms with Crippen molar-refractivity contribution in [3.63, 3.8) is 0 Å². The molecule has 0 bridgehead atoms. The summed E-state index contributed by atoms with van der Waals surface area (Å²) in [6.07, 6.45) is 8.34. The molecular weight excluding hydrogens is 398 g/mol. The molecule has 5 rings (SSSR count). The Morgan fingerprint density at radius 3 is 2.47 bits per heavy atom. The quantitative estimate of drug-likeness (QED) is 0.496. The number of aromatic nitrogens is 2. The van der Waals surface area contributed by atoms with Gasteiger partial charge in [-0.05, 0) is 68.2 Å². The molecule has 0 N–H and O–H groups in total. The highest BCUT2D eigenvalue weighted by Crippen LogP contribution is 2.41. The smallest absolute Gasteiger partial charge is 0.145 e. The lowest BCUT2D eigenvalue weighted by Crippen LogP contribution is -2.31. The van der Waals surface area contributed by atoms with Gasteiger partial charge >= 0.3 is 0 Å². The fourth-order valence-electron chi connectivity index (χ4n) is 4.99. The minimum Gasteiger partial charge on any atom is -0.496 e. The van der Waals surface area contributed by atoms with Gasteiger partial charge in [-0.25, -0.2) is 9.97 Å². The van der Waals surface area contributed by atoms with E-state index in [-0.39, 0.29) is 0 Å². The second-order valence-corrected chi connectivity index (χ2v) is 9.19. The summed E-state index contributed by atoms with van der Waals surface area (Å²) < 4.78 is 11.3. The number of fused-ring (bicyclic) bond motifs is 1. The second-order valence-electron chi connectivity index (χ2n) is 9.19. The molecule has 2 aliphatic rings. The van der Waals surface area contributed by atoms with Gasteiger partial charge in [0.1, 0.15) is 28.7 Å². The lowest BCUT2D eigenvalue weighted by Gasteiger charge is -2.30. The van der Waals surface area contributed by atoms with E-state index in [4.69, 9.17) is 19.4 Å². The Bertz CT molecular complexity index is 1080. The largest absolute Gasteiger partial charge is 0.496 e. The molecule has 32 heavy (non-hydrogen) atoms. The standard InChI is InChI=1S/C27H33N3O2/c1-31-23-11-4-3-9-21(23)18-19-8-5-6-16-30(17-15-19)27-22-10-7-12-24(32-2)25(22)28-26(29-27)20-13-14-20/h3-4,7,9-12,19-20H,5-6,8,13-18H2,1-2H3. The van der Waals surface area contributed by atoms with E-state index >= 15 is 0 Å². The van der Waals surface area contributed by atoms with E-state index in [1.165, 1.54) is 37.7 Å². The van der Waals surface area contributed by atoms with E-state index in [1.54, 1.807) is 14.2 Å². The number of para-hydroxylation sites is 2. The first-order chi connectivity index (χ1) is 15.8. The highest BCUT2D eigenvalue weighted by atomic mass is 16.5. The van der Waals surface area contributed by atoms with Gasteiger partial charge in [0.15, 0.2) is 0 Å². The highest BCUT2D eigenvalue weighted by Gasteiger charge is 2.29. The molecule has 2 aromatic carbocycles. The van der Waals surface area contributed by atoms with Crippen LogP contribution < -0.4 is 14.4 Å². The van der Waals surface area contributed by atoms with Crippen molar-refractivity contribution < 1.29 is 9.47 Å². The van der Waals surface area contributed by atoms with Crippen LogP contribution in [0.5, 0.6) is 11.5 Å². The predicted molar refractivity (Wildman–Crippen MR) is 129 cm³/mol. The minimum atomic E-state index is 0.510. The number of nitrogens with zero attached hydrogens (tertiary/aromatic N) is 3. The van der Waals surface area contributed by atoms with Crippen LogP contribution in [0.4, 0.5) is 5.82 Å². The van der Waals surface area contributed by atoms with E-state index in [0.717, 1.165) is 60.0 Å². The van der Waals surface area contributed by atoms with Gasteiger partial charge in [-0.15, -0.1) is 0 Å². The zero-order valence-electron chi connectivity index (χ0n) is 19.2. The van der Waals surface area contributed by atoms with Gasteiger partial charge in [-0.3, -0.25) is 0 Å². The monoisotopic (exact) mass is 431 g/mol. The lowest BCUT2D eigenvalue weighted by molar-refractivity contribution is 0.382. The number of methoxy groups -OCH3 is 2. The van der Waals surface area contributed by atoms with E-state index in [2.05, 4.69) is 35.2 Å². The van der Waals surface area contributed by atoms with Gasteiger partial charge in [-0.2, -0.15) is 0 Å². The van der Waals surface area contributed by atoms with Crippen LogP contribution in [-0.2, 0) is 6.42 Å². The van der Waals surface area contributed by atoms with Crippen molar-refractivity contribution in [3.8, 4) is 11.5 Å². The summed E-state index contributed by atoms with van der Waals surface area (Å²) in [7, 11) is 3.50. The van der Waals surface area contributed by atoms with E-state index in [9.17, 15) is 0 Å². The Kier molecular flexibility index (Phi) is 6.15. The third kappa shape index (κ3) is 4.38. The number of anilines is 1. The van der Waals surface area contributed by atoms with Gasteiger partial charge in [0.25, 0.3) is 0 Å². The van der Waals surface area contributed by atoms with Crippen LogP contribution in [0.2, 0.25) is 0 Å². The third-order valence-corrected chi connectivity index (χ3v) is 6.95. The molecule has 0 amide bonds. The first-order valence-corrected chi connectivity index (χ1v) is 12.0. The normalized spacial score (nSPS) is 19.4. The molecule has 5 nitrogen and oxygen atoms in total. The van der Waals surface area contributed by atoms with Gasteiger partial charge < -0.3 is 14.4 Å². The predicted octanol–water partition coefficient (Wildman–Crippen LogP) is 5.76. The summed E-state index contributed by atoms with van der Waals surface area (Å²) in [4.78, 5) is 12.5. The molecule has 2 heterocycles.